The van der Waals surface area contributed by atoms with Gasteiger partial charge in [0.15, 0.2) is 5.60 Å². The summed E-state index contributed by atoms with van der Waals surface area (Å²) in [5.74, 6) is -3.37. The molecule has 0 radical (unpaired) electrons. The van der Waals surface area contributed by atoms with E-state index >= 15 is 8.78 Å². The molecular formula is C32H27Cl2F3N4O5. The number of amides is 2. The van der Waals surface area contributed by atoms with E-state index in [0.717, 1.165) is 6.07 Å². The van der Waals surface area contributed by atoms with Gasteiger partial charge in [0, 0.05) is 28.1 Å². The molecule has 46 heavy (non-hydrogen) atoms. The van der Waals surface area contributed by atoms with Gasteiger partial charge in [-0.2, -0.15) is 0 Å². The molecule has 2 aliphatic rings. The first-order valence-electron chi connectivity index (χ1n) is 14.1. The molecular weight excluding hydrogens is 648 g/mol. The highest BCUT2D eigenvalue weighted by atomic mass is 35.5. The van der Waals surface area contributed by atoms with Crippen LogP contribution in [0.2, 0.25) is 10.0 Å². The molecule has 0 bridgehead atoms. The van der Waals surface area contributed by atoms with Crippen LogP contribution in [0.4, 0.5) is 13.2 Å². The van der Waals surface area contributed by atoms with Crippen molar-refractivity contribution in [2.75, 3.05) is 20.3 Å². The lowest BCUT2D eigenvalue weighted by Gasteiger charge is -2.33. The van der Waals surface area contributed by atoms with Gasteiger partial charge in [0.25, 0.3) is 5.91 Å². The number of aliphatic hydroxyl groups is 1. The fourth-order valence-corrected chi connectivity index (χ4v) is 5.93. The normalized spacial score (nSPS) is 19.2. The van der Waals surface area contributed by atoms with Crippen LogP contribution in [0.5, 0.6) is 11.5 Å². The first-order valence-corrected chi connectivity index (χ1v) is 14.9. The van der Waals surface area contributed by atoms with Gasteiger partial charge in [-0.05, 0) is 57.0 Å². The predicted molar refractivity (Wildman–Crippen MR) is 164 cm³/mol. The second-order valence-corrected chi connectivity index (χ2v) is 12.6. The molecule has 0 saturated heterocycles. The number of aryl methyl sites for hydroxylation is 1. The number of nitrogens with zero attached hydrogens (tertiary/aromatic N) is 2. The van der Waals surface area contributed by atoms with Crippen molar-refractivity contribution in [3.8, 4) is 22.8 Å². The van der Waals surface area contributed by atoms with Gasteiger partial charge in [0.1, 0.15) is 52.0 Å². The Hall–Kier alpha value is -4.13. The predicted octanol–water partition coefficient (Wildman–Crippen LogP) is 5.45. The highest BCUT2D eigenvalue weighted by molar-refractivity contribution is 6.32. The molecule has 1 fully saturated rings. The first kappa shape index (κ1) is 31.8. The Balaban J connectivity index is 1.45. The number of hydrogen-bond acceptors (Lipinski definition) is 7. The van der Waals surface area contributed by atoms with Crippen LogP contribution in [-0.2, 0) is 15.8 Å². The molecule has 14 heteroatoms. The third-order valence-corrected chi connectivity index (χ3v) is 9.41. The minimum atomic E-state index is -2.48. The number of alkyl halides is 1. The Labute approximate surface area is 270 Å². The smallest absolute Gasteiger partial charge is 0.251 e. The highest BCUT2D eigenvalue weighted by Crippen LogP contribution is 2.55. The van der Waals surface area contributed by atoms with E-state index < -0.39 is 51.7 Å². The highest BCUT2D eigenvalue weighted by Gasteiger charge is 2.62. The number of fused-ring (bicyclic) bond motifs is 2. The van der Waals surface area contributed by atoms with Crippen molar-refractivity contribution in [3.05, 3.63) is 80.6 Å². The number of carbonyl (C=O) groups is 2. The van der Waals surface area contributed by atoms with Crippen LogP contribution in [0.1, 0.15) is 47.1 Å². The van der Waals surface area contributed by atoms with Crippen LogP contribution in [0.15, 0.2) is 36.4 Å². The van der Waals surface area contributed by atoms with E-state index in [1.165, 1.54) is 32.2 Å². The van der Waals surface area contributed by atoms with Crippen molar-refractivity contribution < 1.29 is 37.3 Å². The van der Waals surface area contributed by atoms with Crippen LogP contribution in [0.25, 0.3) is 22.2 Å². The molecule has 1 aliphatic heterocycles. The summed E-state index contributed by atoms with van der Waals surface area (Å²) in [6, 6.07) is 7.38. The Bertz CT molecular complexity index is 1970. The second kappa shape index (κ2) is 11.0. The summed E-state index contributed by atoms with van der Waals surface area (Å²) >= 11 is 12.2. The lowest BCUT2D eigenvalue weighted by atomic mass is 9.80. The molecule has 4 aromatic rings. The first-order chi connectivity index (χ1) is 21.6. The number of pyridine rings is 2. The number of nitrogens with one attached hydrogen (secondary N) is 1. The summed E-state index contributed by atoms with van der Waals surface area (Å²) in [5, 5.41) is 15.1. The fourth-order valence-electron chi connectivity index (χ4n) is 5.61. The summed E-state index contributed by atoms with van der Waals surface area (Å²) in [5.41, 5.74) is -0.158. The average molecular weight is 675 g/mol. The van der Waals surface area contributed by atoms with E-state index in [1.54, 1.807) is 13.0 Å². The molecule has 4 N–H and O–H groups in total. The number of benzene rings is 2. The van der Waals surface area contributed by atoms with Crippen LogP contribution in [-0.4, -0.2) is 52.8 Å². The number of rotatable bonds is 8. The third-order valence-electron chi connectivity index (χ3n) is 8.73. The number of ether oxygens (including phenoxy) is 2. The van der Waals surface area contributed by atoms with Crippen LogP contribution >= 0.6 is 23.2 Å². The van der Waals surface area contributed by atoms with E-state index in [2.05, 4.69) is 15.3 Å². The Kier molecular flexibility index (Phi) is 7.61. The molecule has 3 heterocycles. The molecule has 0 spiro atoms. The lowest BCUT2D eigenvalue weighted by Crippen LogP contribution is -2.49. The molecule has 2 aromatic carbocycles. The van der Waals surface area contributed by atoms with Gasteiger partial charge in [-0.25, -0.2) is 23.1 Å². The molecule has 2 amide bonds. The van der Waals surface area contributed by atoms with Gasteiger partial charge in [0.2, 0.25) is 5.91 Å². The zero-order chi connectivity index (χ0) is 33.3. The number of methoxy groups -OCH3 is 1. The van der Waals surface area contributed by atoms with Gasteiger partial charge in [-0.1, -0.05) is 23.2 Å². The monoisotopic (exact) mass is 674 g/mol. The van der Waals surface area contributed by atoms with Crippen molar-refractivity contribution >= 4 is 45.9 Å². The molecule has 2 atom stereocenters. The second-order valence-electron chi connectivity index (χ2n) is 11.8. The minimum absolute atomic E-state index is 0.0625. The van der Waals surface area contributed by atoms with Crippen molar-refractivity contribution in [2.24, 2.45) is 5.73 Å². The van der Waals surface area contributed by atoms with E-state index in [4.69, 9.17) is 38.4 Å². The molecule has 1 saturated carbocycles. The van der Waals surface area contributed by atoms with Gasteiger partial charge in [-0.15, -0.1) is 0 Å². The van der Waals surface area contributed by atoms with Gasteiger partial charge >= 0.3 is 0 Å². The number of hydrogen-bond donors (Lipinski definition) is 3. The third kappa shape index (κ3) is 4.99. The van der Waals surface area contributed by atoms with Gasteiger partial charge in [0.05, 0.1) is 35.1 Å². The Morgan fingerprint density at radius 1 is 1.11 bits per heavy atom. The minimum Gasteiger partial charge on any atom is -0.494 e. The maximum Gasteiger partial charge on any atom is 0.251 e. The Morgan fingerprint density at radius 2 is 1.83 bits per heavy atom. The van der Waals surface area contributed by atoms with Crippen molar-refractivity contribution in [1.29, 1.82) is 0 Å². The van der Waals surface area contributed by atoms with E-state index in [1.807, 2.05) is 0 Å². The van der Waals surface area contributed by atoms with E-state index in [-0.39, 0.29) is 59.0 Å². The zero-order valence-corrected chi connectivity index (χ0v) is 26.2. The number of halogens is 5. The van der Waals surface area contributed by atoms with Crippen molar-refractivity contribution in [3.63, 3.8) is 0 Å². The van der Waals surface area contributed by atoms with Gasteiger partial charge in [-0.3, -0.25) is 9.59 Å². The maximum absolute atomic E-state index is 16.2. The number of carbonyl (C=O) groups excluding carboxylic acids is 2. The molecule has 2 aromatic heterocycles. The van der Waals surface area contributed by atoms with Gasteiger partial charge < -0.3 is 25.6 Å². The lowest BCUT2D eigenvalue weighted by molar-refractivity contribution is -0.123. The SMILES string of the molecule is COc1cc(C(=O)NCC(O)(c2cc3c(c(-c4cc(Cl)c(F)cc4F)n2)OC[C@]3(C)C(N)=O)C2(F)CC2)cc2cc(Cl)c(C)nc12. The van der Waals surface area contributed by atoms with E-state index in [0.29, 0.717) is 27.7 Å². The average Bonchev–Trinajstić information content (AvgIpc) is 3.69. The standard InChI is InChI=1S/C32H27Cl2F3N4O5/c1-14-19(33)7-15-6-16(8-23(45-3)25(15)40-14)28(42)39-12-32(44,31(37)4-5-31)24-10-18-27(46-13-30(18,2)29(38)43)26(41-24)17-9-20(34)22(36)11-21(17)35/h6-11,44H,4-5,12-13H2,1-3H3,(H2,38,43)(H,39,42)/t30-,32?/m0/s1. The van der Waals surface area contributed by atoms with E-state index in [9.17, 15) is 19.1 Å². The Morgan fingerprint density at radius 3 is 2.48 bits per heavy atom. The summed E-state index contributed by atoms with van der Waals surface area (Å²) in [4.78, 5) is 34.9. The number of primary amides is 1. The summed E-state index contributed by atoms with van der Waals surface area (Å²) in [6.07, 6.45) is -0.164. The van der Waals surface area contributed by atoms with Crippen molar-refractivity contribution in [1.82, 2.24) is 15.3 Å². The molecule has 1 unspecified atom stereocenters. The van der Waals surface area contributed by atoms with Crippen LogP contribution < -0.4 is 20.5 Å². The summed E-state index contributed by atoms with van der Waals surface area (Å²) in [6.45, 7) is 2.26. The summed E-state index contributed by atoms with van der Waals surface area (Å²) < 4.78 is 56.6. The molecule has 1 aliphatic carbocycles. The van der Waals surface area contributed by atoms with Crippen LogP contribution in [0.3, 0.4) is 0 Å². The number of aromatic nitrogens is 2. The topological polar surface area (TPSA) is 137 Å². The molecule has 6 rings (SSSR count). The quantitative estimate of drug-likeness (QED) is 0.211. The maximum atomic E-state index is 16.2. The summed E-state index contributed by atoms with van der Waals surface area (Å²) in [7, 11) is 1.42. The van der Waals surface area contributed by atoms with Crippen molar-refractivity contribution in [2.45, 2.75) is 43.4 Å². The number of nitrogens with two attached hydrogens (primary N) is 1. The largest absolute Gasteiger partial charge is 0.494 e. The fraction of sp³-hybridized carbons (Fsp3) is 0.312. The molecule has 240 valence electrons. The molecule has 9 nitrogen and oxygen atoms in total. The van der Waals surface area contributed by atoms with Crippen LogP contribution in [0, 0.1) is 18.6 Å². The zero-order valence-electron chi connectivity index (χ0n) is 24.7.